The van der Waals surface area contributed by atoms with Gasteiger partial charge in [0.25, 0.3) is 0 Å². The number of fused-ring (bicyclic) bond motifs is 1. The normalized spacial score (nSPS) is 41.9. The van der Waals surface area contributed by atoms with Crippen LogP contribution in [0.2, 0.25) is 0 Å². The third-order valence-electron chi connectivity index (χ3n) is 11.7. The van der Waals surface area contributed by atoms with E-state index in [9.17, 15) is 4.79 Å². The van der Waals surface area contributed by atoms with Crippen molar-refractivity contribution < 1.29 is 14.3 Å². The fraction of sp³-hybridized carbons (Fsp3) is 0.625. The number of hydrogen-bond acceptors (Lipinski definition) is 5. The number of benzene rings is 1. The van der Waals surface area contributed by atoms with Crippen molar-refractivity contribution >= 4 is 16.9 Å². The summed E-state index contributed by atoms with van der Waals surface area (Å²) in [5.41, 5.74) is 2.06. The summed E-state index contributed by atoms with van der Waals surface area (Å²) in [6.45, 7) is 5.19. The average molecular weight is 499 g/mol. The highest BCUT2D eigenvalue weighted by Crippen LogP contribution is 2.66. The molecule has 7 fully saturated rings. The smallest absolute Gasteiger partial charge is 0.312 e. The molecule has 7 aliphatic rings. The fourth-order valence-electron chi connectivity index (χ4n) is 10.5. The number of aromatic nitrogens is 1. The number of methoxy groups -OCH3 is 1. The maximum absolute atomic E-state index is 14.2. The highest BCUT2D eigenvalue weighted by molar-refractivity contribution is 5.85. The number of pyridine rings is 1. The minimum atomic E-state index is -0.273. The topological polar surface area (TPSA) is 51.7 Å². The van der Waals surface area contributed by atoms with E-state index < -0.39 is 0 Å². The molecule has 5 atom stereocenters. The summed E-state index contributed by atoms with van der Waals surface area (Å²) in [6.07, 6.45) is 14.4. The van der Waals surface area contributed by atoms with E-state index >= 15 is 0 Å². The standard InChI is InChI=1S/C32H38N2O3/c1-3-22-17-32-18-28(34(32)9-7-26(22)32)29(24-6-8-33-27-5-4-23(36-2)13-25(24)27)37-30(35)31-14-19-10-20(15-31)12-21(11-19)16-31/h3-6,8,13,19-22,26,28-29H,1,7,9-12,14-18H2,2H3/t19?,20?,21?,22-,26+,28-,29-,31?,32-/m1/s1. The van der Waals surface area contributed by atoms with E-state index in [-0.39, 0.29) is 23.5 Å². The molecule has 194 valence electrons. The third kappa shape index (κ3) is 3.07. The molecule has 5 nitrogen and oxygen atoms in total. The van der Waals surface area contributed by atoms with Crippen LogP contribution in [0.25, 0.3) is 10.9 Å². The van der Waals surface area contributed by atoms with Crippen molar-refractivity contribution in [1.29, 1.82) is 0 Å². The summed E-state index contributed by atoms with van der Waals surface area (Å²) < 4.78 is 12.4. The van der Waals surface area contributed by atoms with Crippen molar-refractivity contribution in [3.63, 3.8) is 0 Å². The van der Waals surface area contributed by atoms with Crippen molar-refractivity contribution in [2.45, 2.75) is 75.5 Å². The second-order valence-electron chi connectivity index (χ2n) is 13.4. The molecule has 4 bridgehead atoms. The minimum absolute atomic E-state index is 0.0822. The van der Waals surface area contributed by atoms with Gasteiger partial charge < -0.3 is 9.47 Å². The van der Waals surface area contributed by atoms with Gasteiger partial charge in [0, 0.05) is 22.7 Å². The number of nitrogens with zero attached hydrogens (tertiary/aromatic N) is 2. The lowest BCUT2D eigenvalue weighted by molar-refractivity contribution is -0.202. The molecule has 5 aliphatic carbocycles. The van der Waals surface area contributed by atoms with E-state index in [0.717, 1.165) is 78.1 Å². The van der Waals surface area contributed by atoms with Crippen LogP contribution in [-0.4, -0.2) is 41.1 Å². The Kier molecular flexibility index (Phi) is 4.77. The molecule has 1 aromatic carbocycles. The van der Waals surface area contributed by atoms with Crippen LogP contribution in [0.3, 0.4) is 0 Å². The van der Waals surface area contributed by atoms with Gasteiger partial charge in [0.2, 0.25) is 0 Å². The number of allylic oxidation sites excluding steroid dienone is 1. The Morgan fingerprint density at radius 2 is 1.86 bits per heavy atom. The Bertz CT molecular complexity index is 1250. The highest BCUT2D eigenvalue weighted by Gasteiger charge is 2.69. The number of rotatable bonds is 6. The molecule has 0 amide bonds. The van der Waals surface area contributed by atoms with E-state index in [4.69, 9.17) is 9.47 Å². The molecule has 0 N–H and O–H groups in total. The van der Waals surface area contributed by atoms with Crippen molar-refractivity contribution in [1.82, 2.24) is 9.88 Å². The lowest BCUT2D eigenvalue weighted by atomic mass is 9.49. The molecule has 0 unspecified atom stereocenters. The molecule has 37 heavy (non-hydrogen) atoms. The number of hydrogen-bond donors (Lipinski definition) is 0. The van der Waals surface area contributed by atoms with Crippen LogP contribution >= 0.6 is 0 Å². The third-order valence-corrected chi connectivity index (χ3v) is 11.7. The number of carbonyl (C=O) groups is 1. The minimum Gasteiger partial charge on any atom is -0.497 e. The number of carbonyl (C=O) groups excluding carboxylic acids is 1. The van der Waals surface area contributed by atoms with Crippen LogP contribution in [0.4, 0.5) is 0 Å². The lowest BCUT2D eigenvalue weighted by Gasteiger charge is -2.66. The predicted molar refractivity (Wildman–Crippen MR) is 142 cm³/mol. The Balaban J connectivity index is 1.16. The molecule has 3 heterocycles. The molecule has 2 aliphatic heterocycles. The van der Waals surface area contributed by atoms with Crippen molar-refractivity contribution in [2.24, 2.45) is 35.0 Å². The van der Waals surface area contributed by atoms with Gasteiger partial charge in [-0.2, -0.15) is 0 Å². The molecular formula is C32H38N2O3. The monoisotopic (exact) mass is 498 g/mol. The van der Waals surface area contributed by atoms with Gasteiger partial charge in [-0.05, 0) is 118 Å². The van der Waals surface area contributed by atoms with Crippen LogP contribution in [0.1, 0.15) is 69.5 Å². The molecule has 5 heteroatoms. The summed E-state index contributed by atoms with van der Waals surface area (Å²) in [7, 11) is 1.70. The Labute approximate surface area is 219 Å². The number of esters is 1. The van der Waals surface area contributed by atoms with Crippen molar-refractivity contribution in [3.8, 4) is 5.75 Å². The van der Waals surface area contributed by atoms with E-state index in [1.54, 1.807) is 7.11 Å². The molecule has 0 radical (unpaired) electrons. The fourth-order valence-corrected chi connectivity index (χ4v) is 10.5. The maximum atomic E-state index is 14.2. The van der Waals surface area contributed by atoms with Gasteiger partial charge in [0.1, 0.15) is 11.9 Å². The highest BCUT2D eigenvalue weighted by atomic mass is 16.5. The first-order valence-corrected chi connectivity index (χ1v) is 14.5. The first-order valence-electron chi connectivity index (χ1n) is 14.5. The molecule has 2 aromatic rings. The van der Waals surface area contributed by atoms with Gasteiger partial charge in [-0.1, -0.05) is 6.08 Å². The molecule has 5 saturated carbocycles. The number of ether oxygens (including phenoxy) is 2. The summed E-state index contributed by atoms with van der Waals surface area (Å²) in [4.78, 5) is 21.6. The predicted octanol–water partition coefficient (Wildman–Crippen LogP) is 6.08. The summed E-state index contributed by atoms with van der Waals surface area (Å²) >= 11 is 0. The summed E-state index contributed by atoms with van der Waals surface area (Å²) in [5, 5.41) is 1.04. The molecular weight excluding hydrogens is 460 g/mol. The Morgan fingerprint density at radius 3 is 2.57 bits per heavy atom. The van der Waals surface area contributed by atoms with Crippen LogP contribution < -0.4 is 4.74 Å². The molecule has 2 saturated heterocycles. The van der Waals surface area contributed by atoms with E-state index in [0.29, 0.717) is 11.5 Å². The van der Waals surface area contributed by atoms with Crippen molar-refractivity contribution in [3.05, 3.63) is 48.7 Å². The van der Waals surface area contributed by atoms with Crippen LogP contribution in [0.15, 0.2) is 43.1 Å². The van der Waals surface area contributed by atoms with Gasteiger partial charge in [-0.15, -0.1) is 6.58 Å². The molecule has 9 rings (SSSR count). The largest absolute Gasteiger partial charge is 0.497 e. The van der Waals surface area contributed by atoms with Gasteiger partial charge in [-0.3, -0.25) is 14.7 Å². The molecule has 1 spiro atoms. The van der Waals surface area contributed by atoms with Gasteiger partial charge in [0.15, 0.2) is 0 Å². The van der Waals surface area contributed by atoms with Crippen LogP contribution in [0.5, 0.6) is 5.75 Å². The Hall–Kier alpha value is -2.40. The zero-order valence-electron chi connectivity index (χ0n) is 21.9. The zero-order chi connectivity index (χ0) is 24.9. The van der Waals surface area contributed by atoms with Crippen LogP contribution in [-0.2, 0) is 9.53 Å². The SMILES string of the molecule is C=C[C@@H]1C[C@]23C[C@H]([C@H](OC(=O)C45CC6CC(CC(C6)C4)C5)c4ccnc5ccc(OC)cc45)N2CC[C@@H]13. The van der Waals surface area contributed by atoms with E-state index in [2.05, 4.69) is 34.7 Å². The lowest BCUT2D eigenvalue weighted by Crippen LogP contribution is -2.72. The average Bonchev–Trinajstić information content (AvgIpc) is 3.08. The maximum Gasteiger partial charge on any atom is 0.312 e. The first-order chi connectivity index (χ1) is 18.0. The van der Waals surface area contributed by atoms with Gasteiger partial charge in [-0.25, -0.2) is 0 Å². The Morgan fingerprint density at radius 1 is 1.11 bits per heavy atom. The van der Waals surface area contributed by atoms with E-state index in [1.165, 1.54) is 32.1 Å². The second-order valence-corrected chi connectivity index (χ2v) is 13.4. The van der Waals surface area contributed by atoms with E-state index in [1.807, 2.05) is 18.3 Å². The zero-order valence-corrected chi connectivity index (χ0v) is 21.9. The first kappa shape index (κ1) is 22.6. The quantitative estimate of drug-likeness (QED) is 0.357. The van der Waals surface area contributed by atoms with Gasteiger partial charge >= 0.3 is 5.97 Å². The summed E-state index contributed by atoms with van der Waals surface area (Å²) in [5.74, 6) is 4.42. The summed E-state index contributed by atoms with van der Waals surface area (Å²) in [6, 6.07) is 8.37. The van der Waals surface area contributed by atoms with Crippen LogP contribution in [0, 0.1) is 35.0 Å². The van der Waals surface area contributed by atoms with Crippen molar-refractivity contribution in [2.75, 3.05) is 13.7 Å². The second kappa shape index (κ2) is 7.81. The molecule has 1 aromatic heterocycles. The van der Waals surface area contributed by atoms with Gasteiger partial charge in [0.05, 0.1) is 24.1 Å².